The van der Waals surface area contributed by atoms with E-state index in [1.807, 2.05) is 0 Å². The maximum atomic E-state index is 12.3. The number of nitrogens with one attached hydrogen (secondary N) is 1. The van der Waals surface area contributed by atoms with Crippen LogP contribution in [0.2, 0.25) is 5.02 Å². The number of anilines is 1. The third-order valence-corrected chi connectivity index (χ3v) is 3.86. The fourth-order valence-corrected chi connectivity index (χ4v) is 2.21. The fourth-order valence-electron chi connectivity index (χ4n) is 2.04. The van der Waals surface area contributed by atoms with E-state index in [1.54, 1.807) is 45.0 Å². The number of ether oxygens (including phenoxy) is 1. The summed E-state index contributed by atoms with van der Waals surface area (Å²) in [7, 11) is 0. The van der Waals surface area contributed by atoms with Gasteiger partial charge in [0.05, 0.1) is 4.92 Å². The van der Waals surface area contributed by atoms with Crippen molar-refractivity contribution in [3.63, 3.8) is 0 Å². The number of halogens is 1. The molecule has 0 aliphatic heterocycles. The van der Waals surface area contributed by atoms with E-state index in [-0.39, 0.29) is 34.8 Å². The van der Waals surface area contributed by atoms with Crippen molar-refractivity contribution in [2.24, 2.45) is 5.41 Å². The zero-order valence-corrected chi connectivity index (χ0v) is 15.9. The van der Waals surface area contributed by atoms with Gasteiger partial charge in [0.2, 0.25) is 5.91 Å². The van der Waals surface area contributed by atoms with Crippen LogP contribution in [-0.4, -0.2) is 23.2 Å². The van der Waals surface area contributed by atoms with E-state index in [0.29, 0.717) is 11.3 Å². The van der Waals surface area contributed by atoms with E-state index < -0.39 is 10.3 Å². The molecule has 0 bridgehead atoms. The summed E-state index contributed by atoms with van der Waals surface area (Å²) in [6, 6.07) is 10.3. The third-order valence-electron chi connectivity index (χ3n) is 3.62. The number of hydrogen-bond donors (Lipinski definition) is 1. The molecule has 8 heteroatoms. The second kappa shape index (κ2) is 8.18. The maximum absolute atomic E-state index is 12.3. The minimum Gasteiger partial charge on any atom is -0.478 e. The molecular formula is C19H19ClN2O5. The molecule has 1 N–H and O–H groups in total. The topological polar surface area (TPSA) is 98.5 Å². The Morgan fingerprint density at radius 3 is 2.33 bits per heavy atom. The molecule has 0 aliphatic rings. The lowest BCUT2D eigenvalue weighted by Gasteiger charge is -2.17. The van der Waals surface area contributed by atoms with Gasteiger partial charge in [-0.15, -0.1) is 0 Å². The van der Waals surface area contributed by atoms with Gasteiger partial charge in [-0.05, 0) is 36.4 Å². The standard InChI is InChI=1S/C19H19ClN2O5/c1-19(2,3)18(24)21-14-7-4-12(5-8-14)16(23)11-27-17-9-6-13(20)10-15(17)22(25)26/h4-10H,11H2,1-3H3,(H,21,24). The van der Waals surface area contributed by atoms with E-state index in [2.05, 4.69) is 5.32 Å². The number of carbonyl (C=O) groups is 2. The Hall–Kier alpha value is -2.93. The summed E-state index contributed by atoms with van der Waals surface area (Å²) in [6.45, 7) is 5.03. The van der Waals surface area contributed by atoms with Gasteiger partial charge in [0, 0.05) is 27.8 Å². The Kier molecular flexibility index (Phi) is 6.17. The second-order valence-corrected chi connectivity index (χ2v) is 7.30. The van der Waals surface area contributed by atoms with Crippen LogP contribution >= 0.6 is 11.6 Å². The van der Waals surface area contributed by atoms with Crippen LogP contribution in [0.1, 0.15) is 31.1 Å². The Morgan fingerprint density at radius 1 is 1.15 bits per heavy atom. The van der Waals surface area contributed by atoms with Gasteiger partial charge in [-0.2, -0.15) is 0 Å². The molecule has 0 aliphatic carbocycles. The van der Waals surface area contributed by atoms with Crippen LogP contribution in [0.3, 0.4) is 0 Å². The van der Waals surface area contributed by atoms with Crippen LogP contribution in [0.15, 0.2) is 42.5 Å². The lowest BCUT2D eigenvalue weighted by molar-refractivity contribution is -0.385. The molecule has 0 fully saturated rings. The van der Waals surface area contributed by atoms with Gasteiger partial charge >= 0.3 is 5.69 Å². The lowest BCUT2D eigenvalue weighted by Crippen LogP contribution is -2.27. The molecule has 0 radical (unpaired) electrons. The Morgan fingerprint density at radius 2 is 1.78 bits per heavy atom. The van der Waals surface area contributed by atoms with E-state index in [0.717, 1.165) is 6.07 Å². The molecule has 0 heterocycles. The van der Waals surface area contributed by atoms with Crippen molar-refractivity contribution in [2.75, 3.05) is 11.9 Å². The van der Waals surface area contributed by atoms with Crippen molar-refractivity contribution in [1.82, 2.24) is 0 Å². The van der Waals surface area contributed by atoms with Crippen molar-refractivity contribution < 1.29 is 19.2 Å². The quantitative estimate of drug-likeness (QED) is 0.445. The highest BCUT2D eigenvalue weighted by Gasteiger charge is 2.21. The Bertz CT molecular complexity index is 873. The highest BCUT2D eigenvalue weighted by molar-refractivity contribution is 6.30. The summed E-state index contributed by atoms with van der Waals surface area (Å²) in [6.07, 6.45) is 0. The largest absolute Gasteiger partial charge is 0.478 e. The molecule has 0 unspecified atom stereocenters. The van der Waals surface area contributed by atoms with Crippen LogP contribution in [0.4, 0.5) is 11.4 Å². The van der Waals surface area contributed by atoms with E-state index in [9.17, 15) is 19.7 Å². The average Bonchev–Trinajstić information content (AvgIpc) is 2.60. The number of carbonyl (C=O) groups excluding carboxylic acids is 2. The predicted molar refractivity (Wildman–Crippen MR) is 102 cm³/mol. The van der Waals surface area contributed by atoms with Crippen LogP contribution < -0.4 is 10.1 Å². The maximum Gasteiger partial charge on any atom is 0.312 e. The first-order chi connectivity index (χ1) is 12.6. The number of benzene rings is 2. The number of nitro groups is 1. The average molecular weight is 391 g/mol. The van der Waals surface area contributed by atoms with E-state index in [4.69, 9.17) is 16.3 Å². The zero-order chi connectivity index (χ0) is 20.2. The van der Waals surface area contributed by atoms with Crippen molar-refractivity contribution >= 4 is 34.7 Å². The smallest absolute Gasteiger partial charge is 0.312 e. The van der Waals surface area contributed by atoms with E-state index in [1.165, 1.54) is 12.1 Å². The van der Waals surface area contributed by atoms with Crippen molar-refractivity contribution in [3.8, 4) is 5.75 Å². The monoisotopic (exact) mass is 390 g/mol. The minimum absolute atomic E-state index is 0.0354. The number of rotatable bonds is 6. The lowest BCUT2D eigenvalue weighted by atomic mass is 9.95. The normalized spacial score (nSPS) is 11.0. The van der Waals surface area contributed by atoms with Crippen LogP contribution in [0.25, 0.3) is 0 Å². The molecule has 0 atom stereocenters. The summed E-state index contributed by atoms with van der Waals surface area (Å²) in [5.41, 5.74) is 0.0898. The molecule has 0 saturated heterocycles. The van der Waals surface area contributed by atoms with Crippen molar-refractivity contribution in [2.45, 2.75) is 20.8 Å². The summed E-state index contributed by atoms with van der Waals surface area (Å²) in [5, 5.41) is 14.0. The number of amides is 1. The number of hydrogen-bond acceptors (Lipinski definition) is 5. The molecule has 7 nitrogen and oxygen atoms in total. The summed E-state index contributed by atoms with van der Waals surface area (Å²) >= 11 is 5.74. The molecule has 2 aromatic rings. The van der Waals surface area contributed by atoms with Gasteiger partial charge in [0.15, 0.2) is 18.1 Å². The number of Topliss-reactive ketones (excluding diaryl/α,β-unsaturated/α-hetero) is 1. The fraction of sp³-hybridized carbons (Fsp3) is 0.263. The summed E-state index contributed by atoms with van der Waals surface area (Å²) < 4.78 is 5.29. The number of nitro benzene ring substituents is 1. The number of nitrogens with zero attached hydrogens (tertiary/aromatic N) is 1. The second-order valence-electron chi connectivity index (χ2n) is 6.86. The summed E-state index contributed by atoms with van der Waals surface area (Å²) in [4.78, 5) is 34.6. The van der Waals surface area contributed by atoms with Crippen LogP contribution in [0, 0.1) is 15.5 Å². The first-order valence-electron chi connectivity index (χ1n) is 8.09. The molecule has 0 saturated carbocycles. The molecule has 0 aromatic heterocycles. The summed E-state index contributed by atoms with van der Waals surface area (Å²) in [5.74, 6) is -0.528. The van der Waals surface area contributed by atoms with Gasteiger partial charge in [-0.25, -0.2) is 0 Å². The van der Waals surface area contributed by atoms with Gasteiger partial charge in [-0.3, -0.25) is 19.7 Å². The van der Waals surface area contributed by atoms with Crippen LogP contribution in [0.5, 0.6) is 5.75 Å². The van der Waals surface area contributed by atoms with Crippen molar-refractivity contribution in [1.29, 1.82) is 0 Å². The van der Waals surface area contributed by atoms with Gasteiger partial charge in [-0.1, -0.05) is 32.4 Å². The minimum atomic E-state index is -0.627. The predicted octanol–water partition coefficient (Wildman–Crippen LogP) is 4.49. The molecule has 1 amide bonds. The first-order valence-corrected chi connectivity index (χ1v) is 8.47. The molecule has 0 spiro atoms. The highest BCUT2D eigenvalue weighted by Crippen LogP contribution is 2.30. The third kappa shape index (κ3) is 5.52. The molecule has 2 rings (SSSR count). The van der Waals surface area contributed by atoms with Crippen molar-refractivity contribution in [3.05, 3.63) is 63.2 Å². The highest BCUT2D eigenvalue weighted by atomic mass is 35.5. The molecule has 2 aromatic carbocycles. The molecule has 142 valence electrons. The SMILES string of the molecule is CC(C)(C)C(=O)Nc1ccc(C(=O)COc2ccc(Cl)cc2[N+](=O)[O-])cc1. The first kappa shape index (κ1) is 20.4. The van der Waals surface area contributed by atoms with Gasteiger partial charge in [0.25, 0.3) is 0 Å². The Labute approximate surface area is 161 Å². The number of ketones is 1. The molecule has 27 heavy (non-hydrogen) atoms. The van der Waals surface area contributed by atoms with E-state index >= 15 is 0 Å². The zero-order valence-electron chi connectivity index (χ0n) is 15.1. The van der Waals surface area contributed by atoms with Crippen LogP contribution in [-0.2, 0) is 4.79 Å². The molecular weight excluding hydrogens is 372 g/mol. The van der Waals surface area contributed by atoms with Gasteiger partial charge < -0.3 is 10.1 Å². The Balaban J connectivity index is 2.03. The van der Waals surface area contributed by atoms with Gasteiger partial charge in [0.1, 0.15) is 0 Å².